The van der Waals surface area contributed by atoms with Gasteiger partial charge in [0.05, 0.1) is 5.52 Å². The molecule has 2 heterocycles. The van der Waals surface area contributed by atoms with E-state index in [1.165, 1.54) is 24.9 Å². The summed E-state index contributed by atoms with van der Waals surface area (Å²) in [7, 11) is 0. The smallest absolute Gasteiger partial charge is 0.339 e. The van der Waals surface area contributed by atoms with Crippen LogP contribution in [0, 0.1) is 0 Å². The van der Waals surface area contributed by atoms with E-state index in [4.69, 9.17) is 5.11 Å². The number of carboxylic acids is 1. The lowest BCUT2D eigenvalue weighted by molar-refractivity contribution is 0.0698. The molecule has 13 heavy (non-hydrogen) atoms. The van der Waals surface area contributed by atoms with Crippen molar-refractivity contribution < 1.29 is 9.90 Å². The van der Waals surface area contributed by atoms with Crippen LogP contribution in [0.25, 0.3) is 10.9 Å². The molecule has 0 amide bonds. The van der Waals surface area contributed by atoms with E-state index in [9.17, 15) is 4.79 Å². The van der Waals surface area contributed by atoms with Gasteiger partial charge >= 0.3 is 5.97 Å². The van der Waals surface area contributed by atoms with E-state index < -0.39 is 5.97 Å². The first-order valence-electron chi connectivity index (χ1n) is 3.56. The minimum atomic E-state index is -1.03. The highest BCUT2D eigenvalue weighted by Gasteiger charge is 2.08. The van der Waals surface area contributed by atoms with Crippen LogP contribution < -0.4 is 0 Å². The van der Waals surface area contributed by atoms with Gasteiger partial charge in [-0.1, -0.05) is 0 Å². The Hall–Kier alpha value is -2.04. The third kappa shape index (κ3) is 1.20. The molecule has 0 fully saturated rings. The average Bonchev–Trinajstić information content (AvgIpc) is 2.17. The summed E-state index contributed by atoms with van der Waals surface area (Å²) in [6.45, 7) is 0. The van der Waals surface area contributed by atoms with E-state index in [2.05, 4.69) is 15.0 Å². The summed E-state index contributed by atoms with van der Waals surface area (Å²) in [4.78, 5) is 22.1. The molecule has 0 spiro atoms. The van der Waals surface area contributed by atoms with E-state index in [1.54, 1.807) is 0 Å². The Labute approximate surface area is 73.1 Å². The SMILES string of the molecule is O=C(O)c1cncc2cncnc12. The second kappa shape index (κ2) is 2.78. The first kappa shape index (κ1) is 7.60. The van der Waals surface area contributed by atoms with Crippen LogP contribution >= 0.6 is 0 Å². The molecule has 0 unspecified atom stereocenters. The van der Waals surface area contributed by atoms with E-state index in [1.807, 2.05) is 0 Å². The zero-order chi connectivity index (χ0) is 9.26. The largest absolute Gasteiger partial charge is 0.478 e. The maximum atomic E-state index is 10.7. The summed E-state index contributed by atoms with van der Waals surface area (Å²) >= 11 is 0. The highest BCUT2D eigenvalue weighted by molar-refractivity contribution is 6.00. The zero-order valence-corrected chi connectivity index (χ0v) is 6.51. The topological polar surface area (TPSA) is 76.0 Å². The van der Waals surface area contributed by atoms with Crippen LogP contribution in [0.1, 0.15) is 10.4 Å². The molecular formula is C8H5N3O2. The van der Waals surface area contributed by atoms with E-state index in [0.29, 0.717) is 10.9 Å². The van der Waals surface area contributed by atoms with Crippen molar-refractivity contribution in [1.82, 2.24) is 15.0 Å². The molecule has 0 bridgehead atoms. The highest BCUT2D eigenvalue weighted by Crippen LogP contribution is 2.12. The van der Waals surface area contributed by atoms with Crippen LogP contribution in [0.4, 0.5) is 0 Å². The number of aromatic carboxylic acids is 1. The number of pyridine rings is 1. The fourth-order valence-corrected chi connectivity index (χ4v) is 1.07. The van der Waals surface area contributed by atoms with Gasteiger partial charge in [-0.05, 0) is 0 Å². The van der Waals surface area contributed by atoms with Crippen molar-refractivity contribution in [2.45, 2.75) is 0 Å². The standard InChI is InChI=1S/C8H5N3O2/c12-8(13)6-3-9-1-5-2-10-4-11-7(5)6/h1-4H,(H,12,13). The number of nitrogens with zero attached hydrogens (tertiary/aromatic N) is 3. The number of rotatable bonds is 1. The molecule has 0 saturated carbocycles. The van der Waals surface area contributed by atoms with Gasteiger partial charge < -0.3 is 5.11 Å². The van der Waals surface area contributed by atoms with Crippen LogP contribution in [-0.4, -0.2) is 26.0 Å². The fourth-order valence-electron chi connectivity index (χ4n) is 1.07. The summed E-state index contributed by atoms with van der Waals surface area (Å²) in [5, 5.41) is 9.41. The molecule has 64 valence electrons. The van der Waals surface area contributed by atoms with Gasteiger partial charge in [-0.2, -0.15) is 0 Å². The summed E-state index contributed by atoms with van der Waals surface area (Å²) in [5.41, 5.74) is 0.511. The quantitative estimate of drug-likeness (QED) is 0.691. The average molecular weight is 175 g/mol. The fraction of sp³-hybridized carbons (Fsp3) is 0. The lowest BCUT2D eigenvalue weighted by atomic mass is 10.2. The molecule has 0 aromatic carbocycles. The Bertz CT molecular complexity index is 464. The minimum Gasteiger partial charge on any atom is -0.478 e. The van der Waals surface area contributed by atoms with Gasteiger partial charge in [0.25, 0.3) is 0 Å². The monoisotopic (exact) mass is 175 g/mol. The normalized spacial score (nSPS) is 10.2. The molecule has 2 aromatic heterocycles. The van der Waals surface area contributed by atoms with Gasteiger partial charge in [0.15, 0.2) is 0 Å². The molecule has 1 N–H and O–H groups in total. The second-order valence-corrected chi connectivity index (χ2v) is 2.45. The molecule has 0 aliphatic rings. The Morgan fingerprint density at radius 2 is 2.00 bits per heavy atom. The van der Waals surface area contributed by atoms with Crippen LogP contribution in [0.15, 0.2) is 24.9 Å². The first-order chi connectivity index (χ1) is 6.29. The van der Waals surface area contributed by atoms with Crippen LogP contribution in [0.3, 0.4) is 0 Å². The number of hydrogen-bond donors (Lipinski definition) is 1. The van der Waals surface area contributed by atoms with Crippen molar-refractivity contribution in [3.63, 3.8) is 0 Å². The van der Waals surface area contributed by atoms with Crippen molar-refractivity contribution in [3.8, 4) is 0 Å². The minimum absolute atomic E-state index is 0.0971. The van der Waals surface area contributed by atoms with Crippen molar-refractivity contribution in [3.05, 3.63) is 30.5 Å². The lowest BCUT2D eigenvalue weighted by Crippen LogP contribution is -1.99. The number of fused-ring (bicyclic) bond motifs is 1. The molecule has 0 radical (unpaired) electrons. The molecule has 0 aliphatic heterocycles. The molecule has 0 atom stereocenters. The number of carbonyl (C=O) groups is 1. The van der Waals surface area contributed by atoms with Gasteiger partial charge in [0, 0.05) is 24.0 Å². The predicted octanol–water partition coefficient (Wildman–Crippen LogP) is 0.723. The van der Waals surface area contributed by atoms with Gasteiger partial charge in [-0.15, -0.1) is 0 Å². The highest BCUT2D eigenvalue weighted by atomic mass is 16.4. The molecule has 0 aliphatic carbocycles. The summed E-state index contributed by atoms with van der Waals surface area (Å²) < 4.78 is 0. The Morgan fingerprint density at radius 3 is 2.77 bits per heavy atom. The Balaban J connectivity index is 2.83. The van der Waals surface area contributed by atoms with Gasteiger partial charge in [-0.3, -0.25) is 4.98 Å². The van der Waals surface area contributed by atoms with E-state index in [0.717, 1.165) is 0 Å². The zero-order valence-electron chi connectivity index (χ0n) is 6.51. The number of aromatic nitrogens is 3. The van der Waals surface area contributed by atoms with E-state index in [-0.39, 0.29) is 5.56 Å². The first-order valence-corrected chi connectivity index (χ1v) is 3.56. The van der Waals surface area contributed by atoms with Crippen LogP contribution in [0.2, 0.25) is 0 Å². The van der Waals surface area contributed by atoms with Crippen molar-refractivity contribution in [2.75, 3.05) is 0 Å². The third-order valence-electron chi connectivity index (χ3n) is 1.64. The molecular weight excluding hydrogens is 170 g/mol. The lowest BCUT2D eigenvalue weighted by Gasteiger charge is -1.97. The summed E-state index contributed by atoms with van der Waals surface area (Å²) in [5.74, 6) is -1.03. The van der Waals surface area contributed by atoms with Crippen molar-refractivity contribution in [1.29, 1.82) is 0 Å². The summed E-state index contributed by atoms with van der Waals surface area (Å²) in [6, 6.07) is 0. The van der Waals surface area contributed by atoms with Gasteiger partial charge in [0.1, 0.15) is 11.9 Å². The van der Waals surface area contributed by atoms with Crippen LogP contribution in [-0.2, 0) is 0 Å². The maximum absolute atomic E-state index is 10.7. The molecule has 5 heteroatoms. The van der Waals surface area contributed by atoms with Crippen LogP contribution in [0.5, 0.6) is 0 Å². The van der Waals surface area contributed by atoms with Crippen molar-refractivity contribution in [2.24, 2.45) is 0 Å². The third-order valence-corrected chi connectivity index (χ3v) is 1.64. The van der Waals surface area contributed by atoms with Gasteiger partial charge in [0.2, 0.25) is 0 Å². The summed E-state index contributed by atoms with van der Waals surface area (Å²) in [6.07, 6.45) is 5.65. The van der Waals surface area contributed by atoms with Crippen molar-refractivity contribution >= 4 is 16.9 Å². The maximum Gasteiger partial charge on any atom is 0.339 e. The Kier molecular flexibility index (Phi) is 1.63. The number of carboxylic acid groups (broad SMARTS) is 1. The van der Waals surface area contributed by atoms with E-state index >= 15 is 0 Å². The predicted molar refractivity (Wildman–Crippen MR) is 44.3 cm³/mol. The Morgan fingerprint density at radius 1 is 1.23 bits per heavy atom. The number of hydrogen-bond acceptors (Lipinski definition) is 4. The molecule has 5 nitrogen and oxygen atoms in total. The van der Waals surface area contributed by atoms with Gasteiger partial charge in [-0.25, -0.2) is 14.8 Å². The molecule has 0 saturated heterocycles. The molecule has 2 rings (SSSR count). The molecule has 2 aromatic rings. The second-order valence-electron chi connectivity index (χ2n) is 2.45.